The number of nitrogens with zero attached hydrogens (tertiary/aromatic N) is 1. The highest BCUT2D eigenvalue weighted by Gasteiger charge is 2.44. The molecule has 1 spiro atoms. The number of carbonyl (C=O) groups excluding carboxylic acids is 2. The van der Waals surface area contributed by atoms with Crippen molar-refractivity contribution in [1.29, 1.82) is 0 Å². The highest BCUT2D eigenvalue weighted by molar-refractivity contribution is 5.79. The second-order valence-corrected chi connectivity index (χ2v) is 10.3. The lowest BCUT2D eigenvalue weighted by Gasteiger charge is -2.47. The first-order valence-corrected chi connectivity index (χ1v) is 12.3. The first-order valence-electron chi connectivity index (χ1n) is 12.3. The smallest absolute Gasteiger partial charge is 0.225 e. The van der Waals surface area contributed by atoms with Gasteiger partial charge in [-0.25, -0.2) is 0 Å². The van der Waals surface area contributed by atoms with E-state index in [1.165, 1.54) is 19.3 Å². The number of hydrogen-bond acceptors (Lipinski definition) is 3. The van der Waals surface area contributed by atoms with Crippen molar-refractivity contribution in [1.82, 2.24) is 10.2 Å². The Balaban J connectivity index is 1.42. The summed E-state index contributed by atoms with van der Waals surface area (Å²) in [5.41, 5.74) is 0.884. The second kappa shape index (κ2) is 9.62. The van der Waals surface area contributed by atoms with Crippen LogP contribution >= 0.6 is 0 Å². The van der Waals surface area contributed by atoms with Crippen LogP contribution in [-0.2, 0) is 9.59 Å². The second-order valence-electron chi connectivity index (χ2n) is 10.3. The number of para-hydroxylation sites is 1. The van der Waals surface area contributed by atoms with Crippen LogP contribution in [0.25, 0.3) is 0 Å². The van der Waals surface area contributed by atoms with Crippen molar-refractivity contribution in [2.75, 3.05) is 19.6 Å². The van der Waals surface area contributed by atoms with Gasteiger partial charge < -0.3 is 15.0 Å². The molecule has 0 aromatic heterocycles. The van der Waals surface area contributed by atoms with Crippen LogP contribution in [0.1, 0.15) is 83.1 Å². The molecule has 1 saturated heterocycles. The number of likely N-dealkylation sites (tertiary alicyclic amines) is 1. The van der Waals surface area contributed by atoms with E-state index in [4.69, 9.17) is 4.74 Å². The molecular weight excluding hydrogens is 388 g/mol. The molecule has 2 aliphatic heterocycles. The summed E-state index contributed by atoms with van der Waals surface area (Å²) in [6.45, 7) is 6.48. The van der Waals surface area contributed by atoms with E-state index >= 15 is 0 Å². The lowest BCUT2D eigenvalue weighted by Crippen LogP contribution is -2.53. The number of benzene rings is 1. The van der Waals surface area contributed by atoms with Gasteiger partial charge in [0.2, 0.25) is 11.8 Å². The maximum atomic E-state index is 13.0. The summed E-state index contributed by atoms with van der Waals surface area (Å²) < 4.78 is 6.57. The Morgan fingerprint density at radius 1 is 1.13 bits per heavy atom. The predicted molar refractivity (Wildman–Crippen MR) is 122 cm³/mol. The number of amides is 2. The number of carbonyl (C=O) groups is 2. The van der Waals surface area contributed by atoms with E-state index in [1.807, 2.05) is 18.2 Å². The van der Waals surface area contributed by atoms with Gasteiger partial charge in [-0.3, -0.25) is 9.59 Å². The summed E-state index contributed by atoms with van der Waals surface area (Å²) in [6.07, 6.45) is 8.81. The van der Waals surface area contributed by atoms with Crippen LogP contribution in [-0.4, -0.2) is 41.9 Å². The van der Waals surface area contributed by atoms with Gasteiger partial charge in [0.05, 0.1) is 0 Å². The number of nitrogens with one attached hydrogen (secondary N) is 1. The number of piperidine rings is 1. The van der Waals surface area contributed by atoms with E-state index in [9.17, 15) is 9.59 Å². The van der Waals surface area contributed by atoms with Gasteiger partial charge in [0.25, 0.3) is 0 Å². The summed E-state index contributed by atoms with van der Waals surface area (Å²) in [5.74, 6) is 2.24. The summed E-state index contributed by atoms with van der Waals surface area (Å²) in [7, 11) is 0. The minimum atomic E-state index is -0.263. The van der Waals surface area contributed by atoms with Gasteiger partial charge in [0, 0.05) is 50.7 Å². The average Bonchev–Trinajstić information content (AvgIpc) is 2.78. The topological polar surface area (TPSA) is 58.6 Å². The SMILES string of the molecule is CC(C)CNC(=O)C[C@H]1CC2(CCN(C(=O)C3CCCCC3)CC2)Oc2ccccc21. The predicted octanol–water partition coefficient (Wildman–Crippen LogP) is 4.66. The van der Waals surface area contributed by atoms with Crippen LogP contribution in [0.5, 0.6) is 5.75 Å². The van der Waals surface area contributed by atoms with Crippen LogP contribution in [0.15, 0.2) is 24.3 Å². The standard InChI is InChI=1S/C26H38N2O3/c1-19(2)18-27-24(29)16-21-17-26(31-23-11-7-6-10-22(21)23)12-14-28(15-13-26)25(30)20-8-4-3-5-9-20/h6-7,10-11,19-21H,3-5,8-9,12-18H2,1-2H3,(H,27,29)/t21-/m0/s1. The molecule has 2 fully saturated rings. The van der Waals surface area contributed by atoms with Crippen LogP contribution in [0, 0.1) is 11.8 Å². The Hall–Kier alpha value is -2.04. The van der Waals surface area contributed by atoms with Gasteiger partial charge >= 0.3 is 0 Å². The number of rotatable bonds is 5. The zero-order valence-electron chi connectivity index (χ0n) is 19.2. The third-order valence-corrected chi connectivity index (χ3v) is 7.38. The zero-order valence-corrected chi connectivity index (χ0v) is 19.2. The Morgan fingerprint density at radius 2 is 1.84 bits per heavy atom. The van der Waals surface area contributed by atoms with Crippen LogP contribution in [0.3, 0.4) is 0 Å². The maximum Gasteiger partial charge on any atom is 0.225 e. The molecular formula is C26H38N2O3. The molecule has 170 valence electrons. The molecule has 1 aliphatic carbocycles. The van der Waals surface area contributed by atoms with E-state index in [-0.39, 0.29) is 23.3 Å². The van der Waals surface area contributed by atoms with Gasteiger partial charge in [-0.15, -0.1) is 0 Å². The molecule has 31 heavy (non-hydrogen) atoms. The summed E-state index contributed by atoms with van der Waals surface area (Å²) in [5, 5.41) is 3.08. The zero-order chi connectivity index (χ0) is 21.8. The highest BCUT2D eigenvalue weighted by atomic mass is 16.5. The normalized spacial score (nSPS) is 23.3. The van der Waals surface area contributed by atoms with Crippen molar-refractivity contribution in [2.24, 2.45) is 11.8 Å². The Kier molecular flexibility index (Phi) is 6.88. The fourth-order valence-electron chi connectivity index (χ4n) is 5.59. The van der Waals surface area contributed by atoms with Crippen molar-refractivity contribution < 1.29 is 14.3 Å². The monoisotopic (exact) mass is 426 g/mol. The lowest BCUT2D eigenvalue weighted by atomic mass is 9.76. The molecule has 4 rings (SSSR count). The quantitative estimate of drug-likeness (QED) is 0.745. The third kappa shape index (κ3) is 5.24. The molecule has 1 saturated carbocycles. The number of fused-ring (bicyclic) bond motifs is 1. The molecule has 2 heterocycles. The van der Waals surface area contributed by atoms with Gasteiger partial charge in [-0.2, -0.15) is 0 Å². The molecule has 1 atom stereocenters. The Bertz CT molecular complexity index is 777. The number of ether oxygens (including phenoxy) is 1. The van der Waals surface area contributed by atoms with Crippen molar-refractivity contribution in [2.45, 2.75) is 83.2 Å². The largest absolute Gasteiger partial charge is 0.487 e. The van der Waals surface area contributed by atoms with E-state index < -0.39 is 0 Å². The van der Waals surface area contributed by atoms with Crippen molar-refractivity contribution in [3.63, 3.8) is 0 Å². The Morgan fingerprint density at radius 3 is 2.55 bits per heavy atom. The van der Waals surface area contributed by atoms with Gasteiger partial charge in [-0.1, -0.05) is 51.3 Å². The first-order chi connectivity index (χ1) is 15.0. The molecule has 0 radical (unpaired) electrons. The summed E-state index contributed by atoms with van der Waals surface area (Å²) >= 11 is 0. The third-order valence-electron chi connectivity index (χ3n) is 7.38. The summed E-state index contributed by atoms with van der Waals surface area (Å²) in [6, 6.07) is 8.18. The Labute approximate surface area is 186 Å². The molecule has 3 aliphatic rings. The van der Waals surface area contributed by atoms with Crippen molar-refractivity contribution in [3.8, 4) is 5.75 Å². The summed E-state index contributed by atoms with van der Waals surface area (Å²) in [4.78, 5) is 27.7. The molecule has 0 unspecified atom stereocenters. The van der Waals surface area contributed by atoms with E-state index in [1.54, 1.807) is 0 Å². The van der Waals surface area contributed by atoms with Gasteiger partial charge in [-0.05, 0) is 36.8 Å². The van der Waals surface area contributed by atoms with Crippen molar-refractivity contribution >= 4 is 11.8 Å². The van der Waals surface area contributed by atoms with E-state index in [0.29, 0.717) is 24.8 Å². The fourth-order valence-corrected chi connectivity index (χ4v) is 5.59. The molecule has 1 aromatic carbocycles. The fraction of sp³-hybridized carbons (Fsp3) is 0.692. The van der Waals surface area contributed by atoms with E-state index in [0.717, 1.165) is 56.5 Å². The lowest BCUT2D eigenvalue weighted by molar-refractivity contribution is -0.140. The molecule has 0 bridgehead atoms. The maximum absolute atomic E-state index is 13.0. The van der Waals surface area contributed by atoms with Crippen LogP contribution in [0.4, 0.5) is 0 Å². The average molecular weight is 427 g/mol. The van der Waals surface area contributed by atoms with Gasteiger partial charge in [0.1, 0.15) is 11.4 Å². The molecule has 5 heteroatoms. The van der Waals surface area contributed by atoms with Crippen LogP contribution in [0.2, 0.25) is 0 Å². The first kappa shape index (κ1) is 22.2. The molecule has 2 amide bonds. The minimum absolute atomic E-state index is 0.121. The molecule has 5 nitrogen and oxygen atoms in total. The van der Waals surface area contributed by atoms with E-state index in [2.05, 4.69) is 30.1 Å². The molecule has 1 aromatic rings. The highest BCUT2D eigenvalue weighted by Crippen LogP contribution is 2.46. The molecule has 1 N–H and O–H groups in total. The van der Waals surface area contributed by atoms with Crippen molar-refractivity contribution in [3.05, 3.63) is 29.8 Å². The van der Waals surface area contributed by atoms with Crippen LogP contribution < -0.4 is 10.1 Å². The minimum Gasteiger partial charge on any atom is -0.487 e. The van der Waals surface area contributed by atoms with Gasteiger partial charge in [0.15, 0.2) is 0 Å². The number of hydrogen-bond donors (Lipinski definition) is 1.